The summed E-state index contributed by atoms with van der Waals surface area (Å²) >= 11 is -1.21. The van der Waals surface area contributed by atoms with Crippen LogP contribution < -0.4 is 0 Å². The van der Waals surface area contributed by atoms with E-state index in [0.29, 0.717) is 0 Å². The molecular formula is C17H24N2OS. The average molecular weight is 304 g/mol. The molecule has 0 unspecified atom stereocenters. The van der Waals surface area contributed by atoms with Crippen molar-refractivity contribution in [3.05, 3.63) is 29.6 Å². The first-order chi connectivity index (χ1) is 9.92. The van der Waals surface area contributed by atoms with Crippen LogP contribution in [0.25, 0.3) is 0 Å². The van der Waals surface area contributed by atoms with Crippen LogP contribution >= 0.6 is 0 Å². The SMILES string of the molecule is CC(C)(C)[S@@+]([O-])/N=C1\c2ncccc2CC12CCCCC2. The lowest BCUT2D eigenvalue weighted by atomic mass is 9.71. The van der Waals surface area contributed by atoms with Gasteiger partial charge in [-0.2, -0.15) is 0 Å². The monoisotopic (exact) mass is 304 g/mol. The molecule has 0 aromatic carbocycles. The van der Waals surface area contributed by atoms with Gasteiger partial charge in [0.2, 0.25) is 0 Å². The summed E-state index contributed by atoms with van der Waals surface area (Å²) in [4.78, 5) is 4.56. The lowest BCUT2D eigenvalue weighted by Crippen LogP contribution is -2.34. The molecule has 2 aliphatic rings. The predicted molar refractivity (Wildman–Crippen MR) is 87.9 cm³/mol. The van der Waals surface area contributed by atoms with E-state index in [-0.39, 0.29) is 10.2 Å². The molecule has 3 nitrogen and oxygen atoms in total. The van der Waals surface area contributed by atoms with E-state index in [1.807, 2.05) is 33.0 Å². The summed E-state index contributed by atoms with van der Waals surface area (Å²) in [6, 6.07) is 4.15. The zero-order valence-corrected chi connectivity index (χ0v) is 14.0. The Kier molecular flexibility index (Phi) is 3.87. The molecule has 0 amide bonds. The van der Waals surface area contributed by atoms with Gasteiger partial charge in [0, 0.05) is 11.6 Å². The summed E-state index contributed by atoms with van der Waals surface area (Å²) in [5.41, 5.74) is 3.39. The van der Waals surface area contributed by atoms with Gasteiger partial charge < -0.3 is 4.55 Å². The van der Waals surface area contributed by atoms with Crippen molar-refractivity contribution in [1.82, 2.24) is 4.98 Å². The first-order valence-corrected chi connectivity index (χ1v) is 8.99. The summed E-state index contributed by atoms with van der Waals surface area (Å²) in [5, 5.41) is 0. The number of fused-ring (bicyclic) bond motifs is 1. The second kappa shape index (κ2) is 5.40. The molecule has 0 radical (unpaired) electrons. The molecular weight excluding hydrogens is 280 g/mol. The number of rotatable bonds is 1. The van der Waals surface area contributed by atoms with E-state index in [1.54, 1.807) is 0 Å². The Morgan fingerprint density at radius 1 is 1.24 bits per heavy atom. The highest BCUT2D eigenvalue weighted by Gasteiger charge is 2.47. The number of hydrogen-bond acceptors (Lipinski definition) is 3. The average Bonchev–Trinajstić information content (AvgIpc) is 2.72. The van der Waals surface area contributed by atoms with Gasteiger partial charge in [0.1, 0.15) is 21.8 Å². The fourth-order valence-corrected chi connectivity index (χ4v) is 4.22. The van der Waals surface area contributed by atoms with Crippen molar-refractivity contribution >= 4 is 17.1 Å². The van der Waals surface area contributed by atoms with Crippen molar-refractivity contribution < 1.29 is 4.55 Å². The third-order valence-electron chi connectivity index (χ3n) is 4.66. The highest BCUT2D eigenvalue weighted by atomic mass is 32.2. The van der Waals surface area contributed by atoms with E-state index in [9.17, 15) is 4.55 Å². The molecule has 1 spiro atoms. The van der Waals surface area contributed by atoms with E-state index >= 15 is 0 Å². The van der Waals surface area contributed by atoms with Crippen LogP contribution in [0.3, 0.4) is 0 Å². The number of aromatic nitrogens is 1. The first-order valence-electron chi connectivity index (χ1n) is 7.88. The van der Waals surface area contributed by atoms with Crippen LogP contribution in [-0.2, 0) is 17.8 Å². The maximum absolute atomic E-state index is 12.6. The zero-order valence-electron chi connectivity index (χ0n) is 13.2. The normalized spacial score (nSPS) is 24.3. The molecule has 1 heterocycles. The first kappa shape index (κ1) is 15.0. The Balaban J connectivity index is 2.05. The van der Waals surface area contributed by atoms with Gasteiger partial charge in [-0.05, 0) is 51.7 Å². The minimum atomic E-state index is -1.21. The molecule has 1 fully saturated rings. The van der Waals surface area contributed by atoms with Crippen LogP contribution in [0.5, 0.6) is 0 Å². The Labute approximate surface area is 130 Å². The van der Waals surface area contributed by atoms with Crippen molar-refractivity contribution in [3.8, 4) is 0 Å². The van der Waals surface area contributed by atoms with Crippen molar-refractivity contribution in [3.63, 3.8) is 0 Å². The Morgan fingerprint density at radius 3 is 2.62 bits per heavy atom. The standard InChI is InChI=1S/C17H24N2OS/c1-16(2,3)21(20)19-15-14-13(8-7-11-18-14)12-17(15)9-5-4-6-10-17/h7-8,11H,4-6,9-10,12H2,1-3H3/b19-15+/t21-/m1/s1. The van der Waals surface area contributed by atoms with E-state index in [2.05, 4.69) is 11.1 Å². The van der Waals surface area contributed by atoms with Crippen LogP contribution in [0.4, 0.5) is 0 Å². The molecule has 0 bridgehead atoms. The van der Waals surface area contributed by atoms with Gasteiger partial charge in [-0.3, -0.25) is 4.98 Å². The Hall–Kier alpha value is -0.870. The number of pyridine rings is 1. The maximum Gasteiger partial charge on any atom is 0.144 e. The molecule has 0 aliphatic heterocycles. The van der Waals surface area contributed by atoms with Gasteiger partial charge in [0.25, 0.3) is 0 Å². The van der Waals surface area contributed by atoms with Crippen LogP contribution in [0.2, 0.25) is 0 Å². The fraction of sp³-hybridized carbons (Fsp3) is 0.647. The predicted octanol–water partition coefficient (Wildman–Crippen LogP) is 3.84. The number of hydrogen-bond donors (Lipinski definition) is 0. The smallest absolute Gasteiger partial charge is 0.144 e. The van der Waals surface area contributed by atoms with Gasteiger partial charge >= 0.3 is 0 Å². The maximum atomic E-state index is 12.6. The molecule has 21 heavy (non-hydrogen) atoms. The quantitative estimate of drug-likeness (QED) is 0.740. The molecule has 1 atom stereocenters. The lowest BCUT2D eigenvalue weighted by Gasteiger charge is -2.33. The molecule has 2 aliphatic carbocycles. The minimum Gasteiger partial charge on any atom is -0.591 e. The summed E-state index contributed by atoms with van der Waals surface area (Å²) in [6.07, 6.45) is 8.96. The summed E-state index contributed by atoms with van der Waals surface area (Å²) in [5.74, 6) is 0. The topological polar surface area (TPSA) is 48.3 Å². The van der Waals surface area contributed by atoms with Crippen LogP contribution in [0, 0.1) is 5.41 Å². The second-order valence-corrected chi connectivity index (χ2v) is 9.24. The van der Waals surface area contributed by atoms with E-state index in [4.69, 9.17) is 4.40 Å². The van der Waals surface area contributed by atoms with Gasteiger partial charge in [0.15, 0.2) is 0 Å². The highest BCUT2D eigenvalue weighted by molar-refractivity contribution is 7.91. The number of nitrogens with zero attached hydrogens (tertiary/aromatic N) is 2. The fourth-order valence-electron chi connectivity index (χ4n) is 3.50. The van der Waals surface area contributed by atoms with Gasteiger partial charge in [-0.15, -0.1) is 0 Å². The van der Waals surface area contributed by atoms with Gasteiger partial charge in [0.05, 0.1) is 5.69 Å². The summed E-state index contributed by atoms with van der Waals surface area (Å²) < 4.78 is 16.9. The van der Waals surface area contributed by atoms with Crippen LogP contribution in [0.1, 0.15) is 64.1 Å². The van der Waals surface area contributed by atoms with Crippen molar-refractivity contribution in [1.29, 1.82) is 0 Å². The Bertz CT molecular complexity index is 556. The van der Waals surface area contributed by atoms with Crippen LogP contribution in [0.15, 0.2) is 22.7 Å². The largest absolute Gasteiger partial charge is 0.591 e. The molecule has 1 aromatic rings. The van der Waals surface area contributed by atoms with E-state index in [0.717, 1.165) is 30.7 Å². The summed E-state index contributed by atoms with van der Waals surface area (Å²) in [6.45, 7) is 5.94. The summed E-state index contributed by atoms with van der Waals surface area (Å²) in [7, 11) is 0. The van der Waals surface area contributed by atoms with Gasteiger partial charge in [-0.1, -0.05) is 29.7 Å². The van der Waals surface area contributed by atoms with E-state index in [1.165, 1.54) is 24.8 Å². The van der Waals surface area contributed by atoms with Crippen molar-refractivity contribution in [2.24, 2.45) is 9.81 Å². The molecule has 114 valence electrons. The van der Waals surface area contributed by atoms with Crippen molar-refractivity contribution in [2.75, 3.05) is 0 Å². The van der Waals surface area contributed by atoms with E-state index < -0.39 is 11.4 Å². The third-order valence-corrected chi connectivity index (χ3v) is 6.05. The second-order valence-electron chi connectivity index (χ2n) is 7.33. The molecule has 0 N–H and O–H groups in total. The molecule has 1 saturated carbocycles. The van der Waals surface area contributed by atoms with Gasteiger partial charge in [-0.25, -0.2) is 0 Å². The lowest BCUT2D eigenvalue weighted by molar-refractivity contribution is 0.291. The highest BCUT2D eigenvalue weighted by Crippen LogP contribution is 2.47. The molecule has 1 aromatic heterocycles. The zero-order chi connectivity index (χ0) is 15.1. The Morgan fingerprint density at radius 2 is 1.95 bits per heavy atom. The van der Waals surface area contributed by atoms with Crippen LogP contribution in [-0.4, -0.2) is 20.0 Å². The third kappa shape index (κ3) is 2.76. The molecule has 3 rings (SSSR count). The van der Waals surface area contributed by atoms with Crippen molar-refractivity contribution in [2.45, 2.75) is 64.0 Å². The molecule has 0 saturated heterocycles. The minimum absolute atomic E-state index is 0.0931. The molecule has 4 heteroatoms.